The summed E-state index contributed by atoms with van der Waals surface area (Å²) in [7, 11) is 0. The SMILES string of the molecule is CCOc1cccc(C2/C(=C(\O)c3cccc(OC(C)C)c3)C(=O)C(=O)N2c2ccc(F)c(F)c2)c1. The molecule has 4 rings (SSSR count). The molecule has 1 saturated heterocycles. The molecule has 0 aromatic heterocycles. The number of anilines is 1. The molecule has 0 spiro atoms. The Labute approximate surface area is 207 Å². The number of hydrogen-bond donors (Lipinski definition) is 1. The van der Waals surface area contributed by atoms with Crippen LogP contribution in [0.25, 0.3) is 5.76 Å². The number of hydrogen-bond acceptors (Lipinski definition) is 5. The Hall–Kier alpha value is -4.20. The first kappa shape index (κ1) is 24.9. The van der Waals surface area contributed by atoms with Crippen molar-refractivity contribution in [1.82, 2.24) is 0 Å². The van der Waals surface area contributed by atoms with Crippen LogP contribution in [0.4, 0.5) is 14.5 Å². The fraction of sp³-hybridized carbons (Fsp3) is 0.214. The lowest BCUT2D eigenvalue weighted by atomic mass is 9.95. The van der Waals surface area contributed by atoms with Crippen molar-refractivity contribution < 1.29 is 33.0 Å². The molecular weight excluding hydrogens is 468 g/mol. The van der Waals surface area contributed by atoms with Crippen LogP contribution < -0.4 is 14.4 Å². The molecule has 0 radical (unpaired) electrons. The van der Waals surface area contributed by atoms with E-state index in [4.69, 9.17) is 9.47 Å². The number of aliphatic hydroxyl groups excluding tert-OH is 1. The van der Waals surface area contributed by atoms with Gasteiger partial charge in [0.15, 0.2) is 11.6 Å². The summed E-state index contributed by atoms with van der Waals surface area (Å²) < 4.78 is 39.0. The predicted octanol–water partition coefficient (Wildman–Crippen LogP) is 5.78. The molecule has 186 valence electrons. The number of benzene rings is 3. The first-order valence-electron chi connectivity index (χ1n) is 11.5. The zero-order valence-corrected chi connectivity index (χ0v) is 20.0. The number of ketones is 1. The number of Topliss-reactive ketones (excluding diaryl/α,β-unsaturated/α-hetero) is 1. The molecule has 1 aliphatic heterocycles. The van der Waals surface area contributed by atoms with E-state index in [-0.39, 0.29) is 22.9 Å². The van der Waals surface area contributed by atoms with Crippen molar-refractivity contribution >= 4 is 23.1 Å². The summed E-state index contributed by atoms with van der Waals surface area (Å²) in [5, 5.41) is 11.3. The molecule has 0 aliphatic carbocycles. The summed E-state index contributed by atoms with van der Waals surface area (Å²) in [6.07, 6.45) is -0.123. The molecule has 3 aromatic rings. The summed E-state index contributed by atoms with van der Waals surface area (Å²) >= 11 is 0. The van der Waals surface area contributed by atoms with Gasteiger partial charge in [-0.2, -0.15) is 0 Å². The number of carbonyl (C=O) groups excluding carboxylic acids is 2. The molecule has 1 unspecified atom stereocenters. The Morgan fingerprint density at radius 3 is 2.39 bits per heavy atom. The van der Waals surface area contributed by atoms with Gasteiger partial charge in [0.05, 0.1) is 24.3 Å². The Morgan fingerprint density at radius 2 is 1.69 bits per heavy atom. The number of carbonyl (C=O) groups is 2. The normalized spacial score (nSPS) is 17.1. The van der Waals surface area contributed by atoms with Crippen molar-refractivity contribution in [3.05, 3.63) is 95.1 Å². The van der Waals surface area contributed by atoms with Crippen molar-refractivity contribution in [2.45, 2.75) is 32.9 Å². The van der Waals surface area contributed by atoms with Gasteiger partial charge in [0.25, 0.3) is 11.7 Å². The van der Waals surface area contributed by atoms with Gasteiger partial charge in [0, 0.05) is 17.3 Å². The zero-order chi connectivity index (χ0) is 26.0. The van der Waals surface area contributed by atoms with Crippen molar-refractivity contribution in [1.29, 1.82) is 0 Å². The van der Waals surface area contributed by atoms with Gasteiger partial charge in [-0.1, -0.05) is 24.3 Å². The van der Waals surface area contributed by atoms with Gasteiger partial charge in [0.1, 0.15) is 17.3 Å². The first-order chi connectivity index (χ1) is 17.2. The first-order valence-corrected chi connectivity index (χ1v) is 11.5. The second-order valence-electron chi connectivity index (χ2n) is 8.47. The van der Waals surface area contributed by atoms with Crippen LogP contribution in [0.5, 0.6) is 11.5 Å². The Kier molecular flexibility index (Phi) is 7.05. The van der Waals surface area contributed by atoms with Crippen LogP contribution in [0, 0.1) is 11.6 Å². The molecule has 36 heavy (non-hydrogen) atoms. The van der Waals surface area contributed by atoms with Crippen LogP contribution in [0.3, 0.4) is 0 Å². The number of nitrogens with zero attached hydrogens (tertiary/aromatic N) is 1. The third-order valence-corrected chi connectivity index (χ3v) is 5.59. The largest absolute Gasteiger partial charge is 0.507 e. The van der Waals surface area contributed by atoms with E-state index in [0.29, 0.717) is 23.7 Å². The molecule has 1 fully saturated rings. The van der Waals surface area contributed by atoms with Crippen molar-refractivity contribution in [3.63, 3.8) is 0 Å². The standard InChI is InChI=1S/C28H25F2NO5/c1-4-35-20-9-5-7-17(13-20)25-24(26(32)18-8-6-10-21(14-18)36-16(2)3)27(33)28(34)31(25)19-11-12-22(29)23(30)15-19/h5-16,25,32H,4H2,1-3H3/b26-24+. The predicted molar refractivity (Wildman–Crippen MR) is 131 cm³/mol. The van der Waals surface area contributed by atoms with Gasteiger partial charge in [-0.05, 0) is 62.7 Å². The van der Waals surface area contributed by atoms with Crippen LogP contribution >= 0.6 is 0 Å². The monoisotopic (exact) mass is 493 g/mol. The van der Waals surface area contributed by atoms with E-state index < -0.39 is 35.1 Å². The minimum absolute atomic E-state index is 0.0289. The lowest BCUT2D eigenvalue weighted by Crippen LogP contribution is -2.29. The van der Waals surface area contributed by atoms with Gasteiger partial charge < -0.3 is 14.6 Å². The van der Waals surface area contributed by atoms with Crippen molar-refractivity contribution in [2.75, 3.05) is 11.5 Å². The number of aliphatic hydroxyl groups is 1. The molecule has 1 amide bonds. The smallest absolute Gasteiger partial charge is 0.300 e. The quantitative estimate of drug-likeness (QED) is 0.257. The van der Waals surface area contributed by atoms with Gasteiger partial charge in [-0.15, -0.1) is 0 Å². The average Bonchev–Trinajstić information content (AvgIpc) is 3.11. The highest BCUT2D eigenvalue weighted by atomic mass is 19.2. The number of ether oxygens (including phenoxy) is 2. The number of halogens is 2. The molecule has 1 N–H and O–H groups in total. The average molecular weight is 494 g/mol. The van der Waals surface area contributed by atoms with Crippen LogP contribution in [-0.2, 0) is 9.59 Å². The van der Waals surface area contributed by atoms with Gasteiger partial charge >= 0.3 is 0 Å². The molecule has 1 aliphatic rings. The maximum atomic E-state index is 14.1. The summed E-state index contributed by atoms with van der Waals surface area (Å²) in [5.41, 5.74) is 0.488. The Bertz CT molecular complexity index is 1350. The van der Waals surface area contributed by atoms with E-state index >= 15 is 0 Å². The molecule has 1 atom stereocenters. The molecule has 1 heterocycles. The maximum Gasteiger partial charge on any atom is 0.300 e. The summed E-state index contributed by atoms with van der Waals surface area (Å²) in [6.45, 7) is 5.90. The maximum absolute atomic E-state index is 14.1. The Morgan fingerprint density at radius 1 is 0.972 bits per heavy atom. The fourth-order valence-electron chi connectivity index (χ4n) is 4.13. The Balaban J connectivity index is 1.92. The van der Waals surface area contributed by atoms with Gasteiger partial charge in [0.2, 0.25) is 0 Å². The topological polar surface area (TPSA) is 76.1 Å². The number of rotatable bonds is 7. The third kappa shape index (κ3) is 4.79. The molecule has 3 aromatic carbocycles. The lowest BCUT2D eigenvalue weighted by molar-refractivity contribution is -0.132. The van der Waals surface area contributed by atoms with Crippen LogP contribution in [0.1, 0.15) is 37.9 Å². The highest BCUT2D eigenvalue weighted by molar-refractivity contribution is 6.51. The molecule has 8 heteroatoms. The van der Waals surface area contributed by atoms with E-state index in [9.17, 15) is 23.5 Å². The van der Waals surface area contributed by atoms with E-state index in [1.54, 1.807) is 48.5 Å². The number of amides is 1. The van der Waals surface area contributed by atoms with Crippen molar-refractivity contribution in [2.24, 2.45) is 0 Å². The summed E-state index contributed by atoms with van der Waals surface area (Å²) in [6, 6.07) is 15.0. The van der Waals surface area contributed by atoms with E-state index in [1.165, 1.54) is 6.07 Å². The third-order valence-electron chi connectivity index (χ3n) is 5.59. The lowest BCUT2D eigenvalue weighted by Gasteiger charge is -2.26. The van der Waals surface area contributed by atoms with Crippen LogP contribution in [-0.4, -0.2) is 29.5 Å². The minimum Gasteiger partial charge on any atom is -0.507 e. The van der Waals surface area contributed by atoms with Gasteiger partial charge in [-0.25, -0.2) is 8.78 Å². The van der Waals surface area contributed by atoms with E-state index in [2.05, 4.69) is 0 Å². The summed E-state index contributed by atoms with van der Waals surface area (Å²) in [5.74, 6) is -3.67. The zero-order valence-electron chi connectivity index (χ0n) is 20.0. The molecule has 0 bridgehead atoms. The van der Waals surface area contributed by atoms with Gasteiger partial charge in [-0.3, -0.25) is 14.5 Å². The minimum atomic E-state index is -1.17. The molecule has 6 nitrogen and oxygen atoms in total. The second kappa shape index (κ2) is 10.2. The highest BCUT2D eigenvalue weighted by Crippen LogP contribution is 2.43. The van der Waals surface area contributed by atoms with E-state index in [1.807, 2.05) is 20.8 Å². The van der Waals surface area contributed by atoms with Crippen molar-refractivity contribution in [3.8, 4) is 11.5 Å². The highest BCUT2D eigenvalue weighted by Gasteiger charge is 2.47. The summed E-state index contributed by atoms with van der Waals surface area (Å²) in [4.78, 5) is 27.5. The fourth-order valence-corrected chi connectivity index (χ4v) is 4.13. The molecule has 0 saturated carbocycles. The van der Waals surface area contributed by atoms with Crippen LogP contribution in [0.2, 0.25) is 0 Å². The molecular formula is C28H25F2NO5. The second-order valence-corrected chi connectivity index (χ2v) is 8.47. The van der Waals surface area contributed by atoms with Crippen LogP contribution in [0.15, 0.2) is 72.3 Å². The van der Waals surface area contributed by atoms with E-state index in [0.717, 1.165) is 17.0 Å².